The Hall–Kier alpha value is -2.16. The van der Waals surface area contributed by atoms with Gasteiger partial charge in [0.2, 0.25) is 0 Å². The summed E-state index contributed by atoms with van der Waals surface area (Å²) in [6, 6.07) is 20.0. The van der Waals surface area contributed by atoms with Crippen molar-refractivity contribution in [3.63, 3.8) is 0 Å². The smallest absolute Gasteiger partial charge is 0.287 e. The summed E-state index contributed by atoms with van der Waals surface area (Å²) in [5, 5.41) is 3.74. The number of aryl methyl sites for hydroxylation is 6. The van der Waals surface area contributed by atoms with Gasteiger partial charge in [0.1, 0.15) is 0 Å². The summed E-state index contributed by atoms with van der Waals surface area (Å²) < 4.78 is 0. The Bertz CT molecular complexity index is 865. The van der Waals surface area contributed by atoms with Gasteiger partial charge in [0.15, 0.2) is 0 Å². The molecule has 0 heterocycles. The molecule has 0 radical (unpaired) electrons. The molecule has 0 bridgehead atoms. The Morgan fingerprint density at radius 1 is 0.438 bits per heavy atom. The van der Waals surface area contributed by atoms with Crippen LogP contribution in [0.5, 0.6) is 0 Å². The molecule has 1 nitrogen and oxygen atoms in total. The monoisotopic (exact) mass is 444 g/mol. The highest BCUT2D eigenvalue weighted by atomic mass is 28.4. The molecule has 3 aromatic carbocycles. The van der Waals surface area contributed by atoms with Gasteiger partial charge in [-0.2, -0.15) is 0 Å². The van der Waals surface area contributed by atoms with Crippen LogP contribution in [0.25, 0.3) is 0 Å². The molecular formula is C30H40OSi. The molecule has 0 aromatic heterocycles. The molecule has 0 spiro atoms. The van der Waals surface area contributed by atoms with Gasteiger partial charge in [-0.05, 0) is 87.5 Å². The third-order valence-corrected chi connectivity index (χ3v) is 11.2. The van der Waals surface area contributed by atoms with Gasteiger partial charge in [-0.25, -0.2) is 0 Å². The Morgan fingerprint density at radius 3 is 0.781 bits per heavy atom. The normalized spacial score (nSPS) is 11.7. The highest BCUT2D eigenvalue weighted by Gasteiger charge is 2.46. The molecule has 2 heteroatoms. The van der Waals surface area contributed by atoms with Crippen molar-refractivity contribution in [3.8, 4) is 0 Å². The van der Waals surface area contributed by atoms with Gasteiger partial charge in [-0.15, -0.1) is 0 Å². The van der Waals surface area contributed by atoms with Crippen LogP contribution in [0.15, 0.2) is 54.6 Å². The summed E-state index contributed by atoms with van der Waals surface area (Å²) in [5.41, 5.74) is 7.83. The van der Waals surface area contributed by atoms with Crippen molar-refractivity contribution in [2.75, 3.05) is 0 Å². The summed E-state index contributed by atoms with van der Waals surface area (Å²) >= 11 is 0. The molecule has 0 saturated carbocycles. The molecule has 3 rings (SSSR count). The molecule has 170 valence electrons. The number of hydrogen-bond donors (Lipinski definition) is 1. The van der Waals surface area contributed by atoms with Gasteiger partial charge in [0.05, 0.1) is 0 Å². The number of rotatable bonds is 9. The van der Waals surface area contributed by atoms with E-state index in [2.05, 4.69) is 96.1 Å². The number of hydrogen-bond acceptors (Lipinski definition) is 1. The van der Waals surface area contributed by atoms with E-state index < -0.39 is 8.32 Å². The van der Waals surface area contributed by atoms with Gasteiger partial charge in [0.25, 0.3) is 8.32 Å². The van der Waals surface area contributed by atoms with Crippen molar-refractivity contribution in [1.82, 2.24) is 0 Å². The fourth-order valence-corrected chi connectivity index (χ4v) is 10.6. The van der Waals surface area contributed by atoms with Crippen molar-refractivity contribution >= 4 is 23.9 Å². The predicted octanol–water partition coefficient (Wildman–Crippen LogP) is 5.02. The van der Waals surface area contributed by atoms with Crippen molar-refractivity contribution in [3.05, 3.63) is 88.0 Å². The van der Waals surface area contributed by atoms with Crippen molar-refractivity contribution in [2.45, 2.75) is 80.1 Å². The van der Waals surface area contributed by atoms with Crippen LogP contribution >= 0.6 is 0 Å². The van der Waals surface area contributed by atoms with Crippen LogP contribution in [0.4, 0.5) is 0 Å². The lowest BCUT2D eigenvalue weighted by Crippen LogP contribution is -2.72. The number of benzene rings is 3. The average Bonchev–Trinajstić information content (AvgIpc) is 2.86. The lowest BCUT2D eigenvalue weighted by atomic mass is 10.1. The van der Waals surface area contributed by atoms with Crippen LogP contribution < -0.4 is 15.6 Å². The molecule has 1 N–H and O–H groups in total. The molecule has 3 aromatic rings. The molecule has 0 amide bonds. The topological polar surface area (TPSA) is 20.2 Å². The minimum absolute atomic E-state index is 0.935. The maximum absolute atomic E-state index is 13.4. The summed E-state index contributed by atoms with van der Waals surface area (Å²) in [4.78, 5) is 13.4. The Kier molecular flexibility index (Phi) is 8.14. The molecule has 0 atom stereocenters. The van der Waals surface area contributed by atoms with E-state index in [1.54, 1.807) is 0 Å². The van der Waals surface area contributed by atoms with Crippen molar-refractivity contribution < 1.29 is 4.80 Å². The quantitative estimate of drug-likeness (QED) is 0.363. The van der Waals surface area contributed by atoms with Gasteiger partial charge in [-0.3, -0.25) is 0 Å². The zero-order chi connectivity index (χ0) is 23.3. The third kappa shape index (κ3) is 4.11. The zero-order valence-electron chi connectivity index (χ0n) is 20.9. The lowest BCUT2D eigenvalue weighted by Gasteiger charge is -2.36. The Morgan fingerprint density at radius 2 is 0.625 bits per heavy atom. The van der Waals surface area contributed by atoms with Crippen LogP contribution in [0.1, 0.15) is 74.9 Å². The third-order valence-electron chi connectivity index (χ3n) is 7.08. The second kappa shape index (κ2) is 10.6. The summed E-state index contributed by atoms with van der Waals surface area (Å²) in [6.07, 6.45) is 5.61. The second-order valence-corrected chi connectivity index (χ2v) is 11.6. The van der Waals surface area contributed by atoms with Crippen LogP contribution in [-0.2, 0) is 38.5 Å². The summed E-state index contributed by atoms with van der Waals surface area (Å²) in [6.45, 7) is 13.4. The van der Waals surface area contributed by atoms with E-state index >= 15 is 0 Å². The van der Waals surface area contributed by atoms with E-state index in [0.717, 1.165) is 38.5 Å². The van der Waals surface area contributed by atoms with Gasteiger partial charge >= 0.3 is 0 Å². The maximum atomic E-state index is 13.4. The van der Waals surface area contributed by atoms with E-state index in [0.29, 0.717) is 0 Å². The fraction of sp³-hybridized carbons (Fsp3) is 0.400. The predicted molar refractivity (Wildman–Crippen MR) is 142 cm³/mol. The summed E-state index contributed by atoms with van der Waals surface area (Å²) in [5.74, 6) is 0. The first kappa shape index (κ1) is 24.5. The van der Waals surface area contributed by atoms with E-state index in [-0.39, 0.29) is 0 Å². The first-order valence-corrected chi connectivity index (χ1v) is 14.5. The zero-order valence-corrected chi connectivity index (χ0v) is 21.9. The first-order chi connectivity index (χ1) is 15.5. The standard InChI is InChI=1S/C30H40OSi/c1-7-22-16-13-17-23(8-2)28(22)32(31,29-24(9-3)18-14-19-25(29)10-4)30-26(11-5)20-15-21-27(30)12-6/h13-21,31H,7-12H2,1-6H3. The van der Waals surface area contributed by atoms with E-state index in [1.807, 2.05) is 0 Å². The molecule has 0 saturated heterocycles. The minimum atomic E-state index is -3.27. The van der Waals surface area contributed by atoms with E-state index in [9.17, 15) is 4.80 Å². The highest BCUT2D eigenvalue weighted by molar-refractivity contribution is 7.07. The molecule has 0 aliphatic rings. The Labute approximate surface area is 196 Å². The van der Waals surface area contributed by atoms with Gasteiger partial charge in [0, 0.05) is 0 Å². The SMILES string of the molecule is CCc1cccc(CC)c1[Si](O)(c1c(CC)cccc1CC)c1c(CC)cccc1CC. The van der Waals surface area contributed by atoms with Crippen molar-refractivity contribution in [2.24, 2.45) is 0 Å². The lowest BCUT2D eigenvalue weighted by molar-refractivity contribution is 0.580. The van der Waals surface area contributed by atoms with Gasteiger partial charge in [-0.1, -0.05) is 96.1 Å². The molecule has 0 fully saturated rings. The largest absolute Gasteiger partial charge is 0.421 e. The molecule has 32 heavy (non-hydrogen) atoms. The van der Waals surface area contributed by atoms with Crippen LogP contribution in [0.2, 0.25) is 0 Å². The highest BCUT2D eigenvalue weighted by Crippen LogP contribution is 2.21. The molecule has 0 aliphatic heterocycles. The van der Waals surface area contributed by atoms with Crippen molar-refractivity contribution in [1.29, 1.82) is 0 Å². The second-order valence-electron chi connectivity index (χ2n) is 8.69. The van der Waals surface area contributed by atoms with E-state index in [4.69, 9.17) is 0 Å². The van der Waals surface area contributed by atoms with Crippen LogP contribution in [0.3, 0.4) is 0 Å². The van der Waals surface area contributed by atoms with Gasteiger partial charge < -0.3 is 4.80 Å². The van der Waals surface area contributed by atoms with Crippen LogP contribution in [-0.4, -0.2) is 13.1 Å². The maximum Gasteiger partial charge on any atom is 0.287 e. The van der Waals surface area contributed by atoms with Crippen LogP contribution in [0, 0.1) is 0 Å². The first-order valence-electron chi connectivity index (χ1n) is 12.6. The fourth-order valence-electron chi connectivity index (χ4n) is 5.50. The Balaban J connectivity index is 2.62. The van der Waals surface area contributed by atoms with E-state index in [1.165, 1.54) is 48.9 Å². The summed E-state index contributed by atoms with van der Waals surface area (Å²) in [7, 11) is -3.27. The minimum Gasteiger partial charge on any atom is -0.421 e. The molecule has 0 unspecified atom stereocenters. The molecular weight excluding hydrogens is 404 g/mol. The molecule has 0 aliphatic carbocycles. The average molecular weight is 445 g/mol.